The number of hydrogen-bond donors (Lipinski definition) is 1. The molecular weight excluding hydrogens is 640 g/mol. The Bertz CT molecular complexity index is 1450. The van der Waals surface area contributed by atoms with Gasteiger partial charge in [0.1, 0.15) is 0 Å². The molecule has 3 aromatic rings. The Morgan fingerprint density at radius 2 is 2.02 bits per heavy atom. The lowest BCUT2D eigenvalue weighted by atomic mass is 9.93. The fourth-order valence-electron chi connectivity index (χ4n) is 4.59. The normalized spacial score (nSPS) is 16.6. The number of carbonyl (C=O) groups is 1. The number of alkyl halides is 3. The molecule has 0 saturated heterocycles. The molecule has 1 aliphatic rings. The second-order valence-electron chi connectivity index (χ2n) is 9.01. The monoisotopic (exact) mass is 666 g/mol. The van der Waals surface area contributed by atoms with Crippen molar-refractivity contribution in [3.05, 3.63) is 68.2 Å². The summed E-state index contributed by atoms with van der Waals surface area (Å²) in [5.41, 5.74) is 0.962. The number of pyridine rings is 1. The van der Waals surface area contributed by atoms with Crippen molar-refractivity contribution in [2.75, 3.05) is 23.9 Å². The number of nitrogens with one attached hydrogen (secondary N) is 1. The molecule has 2 aromatic heterocycles. The molecule has 0 radical (unpaired) electrons. The van der Waals surface area contributed by atoms with Crippen molar-refractivity contribution in [2.24, 2.45) is 0 Å². The largest absolute Gasteiger partial charge is 0.481 e. The number of amides is 1. The van der Waals surface area contributed by atoms with Gasteiger partial charge in [0.15, 0.2) is 0 Å². The van der Waals surface area contributed by atoms with Crippen molar-refractivity contribution >= 4 is 40.3 Å². The fraction of sp³-hybridized carbons (Fsp3) is 0.370. The molecule has 0 aliphatic carbocycles. The molecule has 3 heterocycles. The predicted molar refractivity (Wildman–Crippen MR) is 149 cm³/mol. The zero-order valence-corrected chi connectivity index (χ0v) is 24.1. The first kappa shape index (κ1) is 29.3. The average Bonchev–Trinajstić information content (AvgIpc) is 2.93. The molecular formula is C27H26F3IN6O3. The van der Waals surface area contributed by atoms with Crippen LogP contribution in [-0.2, 0) is 17.3 Å². The summed E-state index contributed by atoms with van der Waals surface area (Å²) >= 11 is 2.03. The van der Waals surface area contributed by atoms with E-state index in [0.29, 0.717) is 44.9 Å². The van der Waals surface area contributed by atoms with E-state index in [9.17, 15) is 23.2 Å². The van der Waals surface area contributed by atoms with Crippen LogP contribution in [0.15, 0.2) is 36.5 Å². The molecule has 0 saturated carbocycles. The maximum Gasteiger partial charge on any atom is 0.416 e. The number of halogens is 4. The molecule has 1 aromatic carbocycles. The van der Waals surface area contributed by atoms with Crippen molar-refractivity contribution in [2.45, 2.75) is 51.4 Å². The summed E-state index contributed by atoms with van der Waals surface area (Å²) in [4.78, 5) is 28.0. The van der Waals surface area contributed by atoms with Crippen LogP contribution in [0.3, 0.4) is 0 Å². The first-order valence-electron chi connectivity index (χ1n) is 12.5. The topological polar surface area (TPSA) is 113 Å². The maximum absolute atomic E-state index is 13.4. The van der Waals surface area contributed by atoms with Gasteiger partial charge in [0, 0.05) is 24.7 Å². The number of benzene rings is 1. The number of ether oxygens (including phenoxy) is 2. The van der Waals surface area contributed by atoms with Gasteiger partial charge in [-0.1, -0.05) is 6.92 Å². The summed E-state index contributed by atoms with van der Waals surface area (Å²) in [6.07, 6.45) is -2.27. The molecule has 1 N–H and O–H groups in total. The van der Waals surface area contributed by atoms with E-state index < -0.39 is 23.9 Å². The third kappa shape index (κ3) is 6.38. The molecule has 0 fully saturated rings. The standard InChI is InChI=1S/C27H26F3IN6O3/c1-4-18-12-21(24-22(6-7-23(36-24)39-3)37(18)26(38)40-5-2)35-25-33-14-19(31)20(34-25)11-15-8-16(13-32)10-17(9-15)27(28,29)30/h6-10,14,18,21H,4-5,11-12H2,1-3H3,(H,33,34,35)/t18-,21+/m1/s1. The van der Waals surface area contributed by atoms with Gasteiger partial charge in [-0.2, -0.15) is 18.4 Å². The molecule has 40 heavy (non-hydrogen) atoms. The predicted octanol–water partition coefficient (Wildman–Crippen LogP) is 6.26. The van der Waals surface area contributed by atoms with Crippen molar-refractivity contribution in [1.82, 2.24) is 15.0 Å². The molecule has 210 valence electrons. The Morgan fingerprint density at radius 3 is 2.67 bits per heavy atom. The van der Waals surface area contributed by atoms with E-state index in [2.05, 4.69) is 20.3 Å². The minimum absolute atomic E-state index is 0.0651. The second-order valence-corrected chi connectivity index (χ2v) is 10.2. The Labute approximate surface area is 242 Å². The van der Waals surface area contributed by atoms with Crippen molar-refractivity contribution in [3.63, 3.8) is 0 Å². The van der Waals surface area contributed by atoms with Gasteiger partial charge in [0.05, 0.1) is 57.6 Å². The number of aromatic nitrogens is 3. The molecule has 4 rings (SSSR count). The molecule has 2 atom stereocenters. The van der Waals surface area contributed by atoms with Gasteiger partial charge in [0.2, 0.25) is 11.8 Å². The zero-order valence-electron chi connectivity index (χ0n) is 21.9. The lowest BCUT2D eigenvalue weighted by Gasteiger charge is -2.39. The highest BCUT2D eigenvalue weighted by Crippen LogP contribution is 2.40. The van der Waals surface area contributed by atoms with Crippen LogP contribution in [-0.4, -0.2) is 40.8 Å². The molecule has 0 bridgehead atoms. The smallest absolute Gasteiger partial charge is 0.416 e. The molecule has 9 nitrogen and oxygen atoms in total. The zero-order chi connectivity index (χ0) is 29.0. The van der Waals surface area contributed by atoms with Gasteiger partial charge in [-0.25, -0.2) is 19.7 Å². The lowest BCUT2D eigenvalue weighted by molar-refractivity contribution is -0.137. The summed E-state index contributed by atoms with van der Waals surface area (Å²) in [5, 5.41) is 12.5. The second kappa shape index (κ2) is 12.2. The number of carbonyl (C=O) groups excluding carboxylic acids is 1. The third-order valence-corrected chi connectivity index (χ3v) is 7.33. The van der Waals surface area contributed by atoms with Gasteiger partial charge in [-0.3, -0.25) is 4.90 Å². The van der Waals surface area contributed by atoms with E-state index in [4.69, 9.17) is 9.47 Å². The fourth-order valence-corrected chi connectivity index (χ4v) is 5.04. The van der Waals surface area contributed by atoms with Crippen molar-refractivity contribution in [1.29, 1.82) is 5.26 Å². The number of rotatable bonds is 7. The first-order chi connectivity index (χ1) is 19.1. The van der Waals surface area contributed by atoms with Crippen LogP contribution in [0.4, 0.5) is 29.6 Å². The lowest BCUT2D eigenvalue weighted by Crippen LogP contribution is -2.46. The SMILES string of the molecule is CCOC(=O)N1c2ccc(OC)nc2[C@@H](Nc2ncc(I)c(Cc3cc(C#N)cc(C(F)(F)F)c3)n2)C[C@H]1CC. The summed E-state index contributed by atoms with van der Waals surface area (Å²) in [5.74, 6) is 0.620. The maximum atomic E-state index is 13.4. The van der Waals surface area contributed by atoms with E-state index >= 15 is 0 Å². The number of fused-ring (bicyclic) bond motifs is 1. The number of nitriles is 1. The van der Waals surface area contributed by atoms with Gasteiger partial charge in [-0.05, 0) is 72.2 Å². The van der Waals surface area contributed by atoms with Crippen LogP contribution in [0.5, 0.6) is 5.88 Å². The minimum atomic E-state index is -4.58. The van der Waals surface area contributed by atoms with E-state index in [1.807, 2.05) is 29.5 Å². The highest BCUT2D eigenvalue weighted by molar-refractivity contribution is 14.1. The van der Waals surface area contributed by atoms with Crippen LogP contribution < -0.4 is 15.0 Å². The molecule has 1 aliphatic heterocycles. The number of hydrogen-bond acceptors (Lipinski definition) is 8. The van der Waals surface area contributed by atoms with Crippen LogP contribution in [0.1, 0.15) is 60.8 Å². The Kier molecular flexibility index (Phi) is 8.97. The average molecular weight is 666 g/mol. The van der Waals surface area contributed by atoms with E-state index in [1.54, 1.807) is 36.2 Å². The highest BCUT2D eigenvalue weighted by atomic mass is 127. The Morgan fingerprint density at radius 1 is 1.25 bits per heavy atom. The molecule has 13 heteroatoms. The van der Waals surface area contributed by atoms with E-state index in [0.717, 1.165) is 12.1 Å². The van der Waals surface area contributed by atoms with E-state index in [1.165, 1.54) is 13.2 Å². The van der Waals surface area contributed by atoms with Gasteiger partial charge >= 0.3 is 12.3 Å². The highest BCUT2D eigenvalue weighted by Gasteiger charge is 2.38. The Hall–Kier alpha value is -3.67. The van der Waals surface area contributed by atoms with Crippen molar-refractivity contribution in [3.8, 4) is 11.9 Å². The Balaban J connectivity index is 1.68. The number of nitrogens with zero attached hydrogens (tertiary/aromatic N) is 5. The summed E-state index contributed by atoms with van der Waals surface area (Å²) < 4.78 is 51.4. The summed E-state index contributed by atoms with van der Waals surface area (Å²) in [6.45, 7) is 3.94. The first-order valence-corrected chi connectivity index (χ1v) is 13.6. The summed E-state index contributed by atoms with van der Waals surface area (Å²) in [7, 11) is 1.50. The quantitative estimate of drug-likeness (QED) is 0.294. The number of methoxy groups -OCH3 is 1. The molecule has 0 unspecified atom stereocenters. The molecule has 1 amide bonds. The molecule has 0 spiro atoms. The minimum Gasteiger partial charge on any atom is -0.481 e. The van der Waals surface area contributed by atoms with E-state index in [-0.39, 0.29) is 30.6 Å². The van der Waals surface area contributed by atoms with Crippen LogP contribution in [0, 0.1) is 14.9 Å². The van der Waals surface area contributed by atoms with Crippen LogP contribution in [0.25, 0.3) is 0 Å². The summed E-state index contributed by atoms with van der Waals surface area (Å²) in [6, 6.07) is 7.90. The van der Waals surface area contributed by atoms with Gasteiger partial charge in [0.25, 0.3) is 0 Å². The van der Waals surface area contributed by atoms with Gasteiger partial charge in [-0.15, -0.1) is 0 Å². The van der Waals surface area contributed by atoms with Crippen LogP contribution >= 0.6 is 22.6 Å². The third-order valence-electron chi connectivity index (χ3n) is 6.43. The number of anilines is 2. The van der Waals surface area contributed by atoms with Crippen molar-refractivity contribution < 1.29 is 27.4 Å². The van der Waals surface area contributed by atoms with Gasteiger partial charge < -0.3 is 14.8 Å². The van der Waals surface area contributed by atoms with Crippen LogP contribution in [0.2, 0.25) is 0 Å².